The van der Waals surface area contributed by atoms with E-state index in [9.17, 15) is 4.79 Å². The van der Waals surface area contributed by atoms with Crippen LogP contribution in [0.3, 0.4) is 0 Å². The van der Waals surface area contributed by atoms with Crippen LogP contribution in [0, 0.1) is 0 Å². The van der Waals surface area contributed by atoms with Gasteiger partial charge in [0.15, 0.2) is 0 Å². The lowest BCUT2D eigenvalue weighted by Crippen LogP contribution is -2.12. The molecule has 5 nitrogen and oxygen atoms in total. The number of carboxylic acid groups (broad SMARTS) is 1. The van der Waals surface area contributed by atoms with Gasteiger partial charge in [0.2, 0.25) is 0 Å². The number of aromatic carboxylic acids is 1. The zero-order chi connectivity index (χ0) is 10.8. The summed E-state index contributed by atoms with van der Waals surface area (Å²) < 4.78 is 1.64. The van der Waals surface area contributed by atoms with Crippen LogP contribution in [0.1, 0.15) is 16.2 Å². The summed E-state index contributed by atoms with van der Waals surface area (Å²) in [4.78, 5) is 15.1. The van der Waals surface area contributed by atoms with Crippen molar-refractivity contribution in [3.8, 4) is 0 Å². The van der Waals surface area contributed by atoms with Crippen LogP contribution >= 0.6 is 0 Å². The molecule has 0 aliphatic heterocycles. The predicted molar refractivity (Wildman–Crippen MR) is 54.9 cm³/mol. The van der Waals surface area contributed by atoms with Crippen LogP contribution in [0.15, 0.2) is 24.4 Å². The van der Waals surface area contributed by atoms with Crippen molar-refractivity contribution in [2.24, 2.45) is 0 Å². The minimum absolute atomic E-state index is 0.232. The Morgan fingerprint density at radius 1 is 1.60 bits per heavy atom. The van der Waals surface area contributed by atoms with Gasteiger partial charge in [-0.1, -0.05) is 6.07 Å². The SMILES string of the molecule is CNCc1cnc2cccc(C(=O)O)n12. The van der Waals surface area contributed by atoms with E-state index < -0.39 is 5.97 Å². The largest absolute Gasteiger partial charge is 0.477 e. The third-order valence-corrected chi connectivity index (χ3v) is 2.18. The normalized spacial score (nSPS) is 10.7. The van der Waals surface area contributed by atoms with Crippen molar-refractivity contribution in [1.82, 2.24) is 14.7 Å². The average molecular weight is 205 g/mol. The summed E-state index contributed by atoms with van der Waals surface area (Å²) in [6.45, 7) is 0.589. The average Bonchev–Trinajstić information content (AvgIpc) is 2.62. The van der Waals surface area contributed by atoms with E-state index in [4.69, 9.17) is 5.11 Å². The number of nitrogens with zero attached hydrogens (tertiary/aromatic N) is 2. The van der Waals surface area contributed by atoms with Crippen molar-refractivity contribution in [2.45, 2.75) is 6.54 Å². The molecule has 0 unspecified atom stereocenters. The molecule has 0 fully saturated rings. The van der Waals surface area contributed by atoms with Gasteiger partial charge >= 0.3 is 5.97 Å². The summed E-state index contributed by atoms with van der Waals surface area (Å²) in [5, 5.41) is 12.0. The summed E-state index contributed by atoms with van der Waals surface area (Å²) in [5.41, 5.74) is 1.72. The highest BCUT2D eigenvalue weighted by molar-refractivity contribution is 5.86. The lowest BCUT2D eigenvalue weighted by molar-refractivity contribution is 0.0688. The van der Waals surface area contributed by atoms with E-state index in [2.05, 4.69) is 10.3 Å². The number of hydrogen-bond acceptors (Lipinski definition) is 3. The first-order valence-electron chi connectivity index (χ1n) is 4.57. The molecule has 0 aromatic carbocycles. The van der Waals surface area contributed by atoms with Gasteiger partial charge in [0.1, 0.15) is 11.3 Å². The molecule has 0 saturated carbocycles. The molecule has 0 aliphatic rings. The molecular weight excluding hydrogens is 194 g/mol. The van der Waals surface area contributed by atoms with Gasteiger partial charge in [-0.3, -0.25) is 4.40 Å². The maximum atomic E-state index is 11.0. The topological polar surface area (TPSA) is 66.6 Å². The van der Waals surface area contributed by atoms with E-state index in [1.54, 1.807) is 28.8 Å². The summed E-state index contributed by atoms with van der Waals surface area (Å²) in [6.07, 6.45) is 1.68. The van der Waals surface area contributed by atoms with Crippen molar-refractivity contribution in [1.29, 1.82) is 0 Å². The van der Waals surface area contributed by atoms with Gasteiger partial charge in [-0.2, -0.15) is 0 Å². The number of fused-ring (bicyclic) bond motifs is 1. The second kappa shape index (κ2) is 3.70. The standard InChI is InChI=1S/C10H11N3O2/c1-11-5-7-6-12-9-4-2-3-8(10(14)15)13(7)9/h2-4,6,11H,5H2,1H3,(H,14,15). The van der Waals surface area contributed by atoms with Gasteiger partial charge in [0.25, 0.3) is 0 Å². The molecule has 78 valence electrons. The van der Waals surface area contributed by atoms with Crippen molar-refractivity contribution in [3.63, 3.8) is 0 Å². The molecule has 2 heterocycles. The molecule has 2 rings (SSSR count). The smallest absolute Gasteiger partial charge is 0.352 e. The third-order valence-electron chi connectivity index (χ3n) is 2.18. The summed E-state index contributed by atoms with van der Waals surface area (Å²) >= 11 is 0. The minimum Gasteiger partial charge on any atom is -0.477 e. The molecule has 0 spiro atoms. The molecule has 15 heavy (non-hydrogen) atoms. The maximum Gasteiger partial charge on any atom is 0.352 e. The Morgan fingerprint density at radius 2 is 2.40 bits per heavy atom. The van der Waals surface area contributed by atoms with E-state index in [0.29, 0.717) is 12.2 Å². The minimum atomic E-state index is -0.948. The van der Waals surface area contributed by atoms with Gasteiger partial charge in [-0.15, -0.1) is 0 Å². The number of nitrogens with one attached hydrogen (secondary N) is 1. The highest BCUT2D eigenvalue weighted by Crippen LogP contribution is 2.10. The molecule has 0 saturated heterocycles. The van der Waals surface area contributed by atoms with Crippen LogP contribution in [-0.2, 0) is 6.54 Å². The third kappa shape index (κ3) is 1.57. The predicted octanol–water partition coefficient (Wildman–Crippen LogP) is 0.752. The Balaban J connectivity index is 2.69. The number of imidazole rings is 1. The molecule has 0 bridgehead atoms. The number of hydrogen-bond donors (Lipinski definition) is 2. The second-order valence-electron chi connectivity index (χ2n) is 3.19. The van der Waals surface area contributed by atoms with E-state index in [-0.39, 0.29) is 5.69 Å². The molecule has 0 atom stereocenters. The summed E-state index contributed by atoms with van der Waals surface area (Å²) in [5.74, 6) is -0.948. The van der Waals surface area contributed by atoms with E-state index in [0.717, 1.165) is 5.69 Å². The first-order chi connectivity index (χ1) is 7.24. The lowest BCUT2D eigenvalue weighted by Gasteiger charge is -2.04. The fourth-order valence-electron chi connectivity index (χ4n) is 1.57. The fourth-order valence-corrected chi connectivity index (χ4v) is 1.57. The highest BCUT2D eigenvalue weighted by atomic mass is 16.4. The number of aromatic nitrogens is 2. The van der Waals surface area contributed by atoms with Crippen LogP contribution in [0.5, 0.6) is 0 Å². The second-order valence-corrected chi connectivity index (χ2v) is 3.19. The maximum absolute atomic E-state index is 11.0. The Bertz CT molecular complexity index is 504. The van der Waals surface area contributed by atoms with E-state index in [1.165, 1.54) is 0 Å². The van der Waals surface area contributed by atoms with Gasteiger partial charge in [0, 0.05) is 6.54 Å². The lowest BCUT2D eigenvalue weighted by atomic mass is 10.3. The van der Waals surface area contributed by atoms with E-state index >= 15 is 0 Å². The Labute approximate surface area is 86.4 Å². The molecule has 2 aromatic rings. The quantitative estimate of drug-likeness (QED) is 0.776. The Hall–Kier alpha value is -1.88. The highest BCUT2D eigenvalue weighted by Gasteiger charge is 2.11. The van der Waals surface area contributed by atoms with Crippen LogP contribution in [0.2, 0.25) is 0 Å². The molecule has 0 aliphatic carbocycles. The zero-order valence-corrected chi connectivity index (χ0v) is 8.27. The summed E-state index contributed by atoms with van der Waals surface area (Å²) in [7, 11) is 1.81. The molecule has 2 N–H and O–H groups in total. The van der Waals surface area contributed by atoms with Crippen LogP contribution < -0.4 is 5.32 Å². The number of carbonyl (C=O) groups is 1. The van der Waals surface area contributed by atoms with Crippen molar-refractivity contribution < 1.29 is 9.90 Å². The first-order valence-corrected chi connectivity index (χ1v) is 4.57. The van der Waals surface area contributed by atoms with E-state index in [1.807, 2.05) is 7.05 Å². The van der Waals surface area contributed by atoms with Crippen molar-refractivity contribution >= 4 is 11.6 Å². The first kappa shape index (κ1) is 9.67. The molecule has 5 heteroatoms. The molecule has 2 aromatic heterocycles. The molecule has 0 amide bonds. The number of carboxylic acids is 1. The Morgan fingerprint density at radius 3 is 3.07 bits per heavy atom. The number of pyridine rings is 1. The molecular formula is C10H11N3O2. The number of rotatable bonds is 3. The van der Waals surface area contributed by atoms with Gasteiger partial charge < -0.3 is 10.4 Å². The zero-order valence-electron chi connectivity index (χ0n) is 8.27. The fraction of sp³-hybridized carbons (Fsp3) is 0.200. The van der Waals surface area contributed by atoms with Crippen LogP contribution in [0.4, 0.5) is 0 Å². The monoisotopic (exact) mass is 205 g/mol. The van der Waals surface area contributed by atoms with Crippen molar-refractivity contribution in [2.75, 3.05) is 7.05 Å². The van der Waals surface area contributed by atoms with Crippen LogP contribution in [-0.4, -0.2) is 27.5 Å². The van der Waals surface area contributed by atoms with Gasteiger partial charge in [-0.05, 0) is 19.2 Å². The van der Waals surface area contributed by atoms with Gasteiger partial charge in [-0.25, -0.2) is 9.78 Å². The summed E-state index contributed by atoms with van der Waals surface area (Å²) in [6, 6.07) is 5.04. The van der Waals surface area contributed by atoms with Crippen molar-refractivity contribution in [3.05, 3.63) is 35.8 Å². The van der Waals surface area contributed by atoms with Crippen LogP contribution in [0.25, 0.3) is 5.65 Å². The Kier molecular flexibility index (Phi) is 2.39. The van der Waals surface area contributed by atoms with Gasteiger partial charge in [0.05, 0.1) is 11.9 Å². The molecule has 0 radical (unpaired) electrons.